The largest absolute Gasteiger partial charge is 0.318 e. The van der Waals surface area contributed by atoms with E-state index in [0.717, 1.165) is 18.5 Å². The Kier molecular flexibility index (Phi) is 1.52. The lowest BCUT2D eigenvalue weighted by atomic mass is 9.68. The summed E-state index contributed by atoms with van der Waals surface area (Å²) in [6.45, 7) is 6.71. The Labute approximate surface area is 68.7 Å². The molecule has 64 valence electrons. The third-order valence-corrected chi connectivity index (χ3v) is 3.77. The molecule has 1 saturated heterocycles. The predicted molar refractivity (Wildman–Crippen MR) is 46.1 cm³/mol. The molecule has 11 heavy (non-hydrogen) atoms. The predicted octanol–water partition coefficient (Wildman–Crippen LogP) is 1.02. The second-order valence-electron chi connectivity index (χ2n) is 4.40. The molecule has 0 radical (unpaired) electrons. The Balaban J connectivity index is 1.96. The minimum atomic E-state index is 0.492. The van der Waals surface area contributed by atoms with E-state index in [4.69, 9.17) is 5.73 Å². The highest BCUT2D eigenvalue weighted by molar-refractivity contribution is 5.10. The average molecular weight is 154 g/mol. The molecule has 1 heterocycles. The van der Waals surface area contributed by atoms with Crippen LogP contribution in [-0.2, 0) is 0 Å². The van der Waals surface area contributed by atoms with Crippen LogP contribution in [0, 0.1) is 11.8 Å². The van der Waals surface area contributed by atoms with Gasteiger partial charge in [0.15, 0.2) is 0 Å². The van der Waals surface area contributed by atoms with Crippen LogP contribution in [0.15, 0.2) is 0 Å². The number of hydrogen-bond acceptors (Lipinski definition) is 2. The summed E-state index contributed by atoms with van der Waals surface area (Å²) in [6.07, 6.45) is 2.85. The summed E-state index contributed by atoms with van der Waals surface area (Å²) in [5.74, 6) is 1.88. The first-order valence-electron chi connectivity index (χ1n) is 4.63. The van der Waals surface area contributed by atoms with Gasteiger partial charge in [-0.25, -0.2) is 0 Å². The summed E-state index contributed by atoms with van der Waals surface area (Å²) < 4.78 is 0. The Morgan fingerprint density at radius 1 is 1.55 bits per heavy atom. The van der Waals surface area contributed by atoms with Gasteiger partial charge in [0.05, 0.1) is 0 Å². The van der Waals surface area contributed by atoms with E-state index in [1.165, 1.54) is 19.4 Å². The molecule has 1 aliphatic heterocycles. The molecular formula is C9H18N2. The molecule has 1 aliphatic carbocycles. The molecule has 0 bridgehead atoms. The van der Waals surface area contributed by atoms with Crippen LogP contribution in [0.2, 0.25) is 0 Å². The molecule has 2 fully saturated rings. The first kappa shape index (κ1) is 7.56. The summed E-state index contributed by atoms with van der Waals surface area (Å²) in [7, 11) is 0. The Morgan fingerprint density at radius 3 is 2.55 bits per heavy atom. The van der Waals surface area contributed by atoms with E-state index in [1.54, 1.807) is 0 Å². The van der Waals surface area contributed by atoms with Crippen LogP contribution in [0.5, 0.6) is 0 Å². The van der Waals surface area contributed by atoms with E-state index in [-0.39, 0.29) is 0 Å². The van der Waals surface area contributed by atoms with Gasteiger partial charge in [0, 0.05) is 18.8 Å². The molecule has 0 amide bonds. The van der Waals surface area contributed by atoms with Gasteiger partial charge in [-0.3, -0.25) is 4.90 Å². The van der Waals surface area contributed by atoms with Crippen LogP contribution in [0.3, 0.4) is 0 Å². The van der Waals surface area contributed by atoms with Crippen molar-refractivity contribution in [1.82, 2.24) is 4.90 Å². The Morgan fingerprint density at radius 2 is 2.27 bits per heavy atom. The third kappa shape index (κ3) is 0.926. The van der Waals surface area contributed by atoms with E-state index >= 15 is 0 Å². The van der Waals surface area contributed by atoms with Gasteiger partial charge < -0.3 is 5.73 Å². The molecular weight excluding hydrogens is 136 g/mol. The van der Waals surface area contributed by atoms with Crippen molar-refractivity contribution in [1.29, 1.82) is 0 Å². The maximum atomic E-state index is 5.60. The summed E-state index contributed by atoms with van der Waals surface area (Å²) in [4.78, 5) is 2.38. The van der Waals surface area contributed by atoms with Crippen molar-refractivity contribution in [3.05, 3.63) is 0 Å². The third-order valence-electron chi connectivity index (χ3n) is 3.77. The summed E-state index contributed by atoms with van der Waals surface area (Å²) in [5, 5.41) is 0. The molecule has 2 aliphatic rings. The van der Waals surface area contributed by atoms with Crippen LogP contribution >= 0.6 is 0 Å². The van der Waals surface area contributed by atoms with Crippen molar-refractivity contribution < 1.29 is 0 Å². The summed E-state index contributed by atoms with van der Waals surface area (Å²) in [5.41, 5.74) is 6.09. The lowest BCUT2D eigenvalue weighted by molar-refractivity contribution is 0.124. The van der Waals surface area contributed by atoms with E-state index in [0.29, 0.717) is 5.54 Å². The molecule has 0 spiro atoms. The van der Waals surface area contributed by atoms with Crippen molar-refractivity contribution in [3.8, 4) is 0 Å². The van der Waals surface area contributed by atoms with Gasteiger partial charge in [0.25, 0.3) is 0 Å². The number of rotatable bonds is 2. The van der Waals surface area contributed by atoms with E-state index < -0.39 is 0 Å². The zero-order valence-corrected chi connectivity index (χ0v) is 7.51. The quantitative estimate of drug-likeness (QED) is 0.602. The van der Waals surface area contributed by atoms with Crippen molar-refractivity contribution in [3.63, 3.8) is 0 Å². The van der Waals surface area contributed by atoms with Gasteiger partial charge in [-0.2, -0.15) is 0 Å². The first-order chi connectivity index (χ1) is 5.18. The highest BCUT2D eigenvalue weighted by Gasteiger charge is 2.56. The fourth-order valence-corrected chi connectivity index (χ4v) is 2.57. The standard InChI is InChI=1S/C9H18N2/c1-7-3-4-8(7)9(2)5-11(9)6-10/h7-8H,3-6,10H2,1-2H3/t7?,8-,9-,11?/m0/s1. The average Bonchev–Trinajstić information content (AvgIpc) is 2.58. The molecule has 0 aromatic heterocycles. The molecule has 2 rings (SSSR count). The maximum absolute atomic E-state index is 5.60. The molecule has 2 nitrogen and oxygen atoms in total. The van der Waals surface area contributed by atoms with Gasteiger partial charge >= 0.3 is 0 Å². The monoisotopic (exact) mass is 154 g/mol. The molecule has 1 saturated carbocycles. The van der Waals surface area contributed by atoms with Crippen LogP contribution in [0.4, 0.5) is 0 Å². The van der Waals surface area contributed by atoms with E-state index in [9.17, 15) is 0 Å². The topological polar surface area (TPSA) is 29.0 Å². The second-order valence-corrected chi connectivity index (χ2v) is 4.40. The zero-order chi connectivity index (χ0) is 8.06. The Hall–Kier alpha value is -0.0800. The van der Waals surface area contributed by atoms with Crippen molar-refractivity contribution in [2.45, 2.75) is 32.2 Å². The molecule has 4 atom stereocenters. The zero-order valence-electron chi connectivity index (χ0n) is 7.51. The SMILES string of the molecule is CC1CC[C@@H]1[C@]1(C)CN1CN. The summed E-state index contributed by atoms with van der Waals surface area (Å²) in [6, 6.07) is 0. The number of nitrogens with zero attached hydrogens (tertiary/aromatic N) is 1. The van der Waals surface area contributed by atoms with Crippen LogP contribution in [-0.4, -0.2) is 23.7 Å². The summed E-state index contributed by atoms with van der Waals surface area (Å²) >= 11 is 0. The molecule has 0 aromatic carbocycles. The van der Waals surface area contributed by atoms with E-state index in [1.807, 2.05) is 0 Å². The van der Waals surface area contributed by atoms with Crippen LogP contribution in [0.25, 0.3) is 0 Å². The minimum absolute atomic E-state index is 0.492. The molecule has 2 N–H and O–H groups in total. The van der Waals surface area contributed by atoms with Gasteiger partial charge in [0.2, 0.25) is 0 Å². The molecule has 2 heteroatoms. The van der Waals surface area contributed by atoms with Crippen molar-refractivity contribution in [2.75, 3.05) is 13.2 Å². The first-order valence-corrected chi connectivity index (χ1v) is 4.63. The number of hydrogen-bond donors (Lipinski definition) is 1. The fourth-order valence-electron chi connectivity index (χ4n) is 2.57. The van der Waals surface area contributed by atoms with Crippen molar-refractivity contribution >= 4 is 0 Å². The van der Waals surface area contributed by atoms with Gasteiger partial charge in [-0.1, -0.05) is 13.3 Å². The fraction of sp³-hybridized carbons (Fsp3) is 1.00. The molecule has 0 aromatic rings. The van der Waals surface area contributed by atoms with Gasteiger partial charge in [-0.15, -0.1) is 0 Å². The second kappa shape index (κ2) is 2.20. The lowest BCUT2D eigenvalue weighted by Gasteiger charge is -2.39. The normalized spacial score (nSPS) is 55.4. The molecule has 2 unspecified atom stereocenters. The highest BCUT2D eigenvalue weighted by Crippen LogP contribution is 2.50. The smallest absolute Gasteiger partial charge is 0.0461 e. The highest BCUT2D eigenvalue weighted by atomic mass is 15.4. The van der Waals surface area contributed by atoms with E-state index in [2.05, 4.69) is 18.7 Å². The maximum Gasteiger partial charge on any atom is 0.0461 e. The Bertz CT molecular complexity index is 169. The minimum Gasteiger partial charge on any atom is -0.318 e. The lowest BCUT2D eigenvalue weighted by Crippen LogP contribution is -2.38. The van der Waals surface area contributed by atoms with Crippen LogP contribution < -0.4 is 5.73 Å². The van der Waals surface area contributed by atoms with Gasteiger partial charge in [0.1, 0.15) is 0 Å². The number of nitrogens with two attached hydrogens (primary N) is 1. The van der Waals surface area contributed by atoms with Crippen LogP contribution in [0.1, 0.15) is 26.7 Å². The van der Waals surface area contributed by atoms with Crippen molar-refractivity contribution in [2.24, 2.45) is 17.6 Å². The van der Waals surface area contributed by atoms with Gasteiger partial charge in [-0.05, 0) is 25.2 Å².